The van der Waals surface area contributed by atoms with Crippen LogP contribution in [0.5, 0.6) is 0 Å². The molecule has 1 fully saturated rings. The summed E-state index contributed by atoms with van der Waals surface area (Å²) in [4.78, 5) is 26.8. The molecular weight excluding hydrogens is 264 g/mol. The number of carbonyl (C=O) groups excluding carboxylic acids is 1. The number of nitrogens with one attached hydrogen (secondary N) is 1. The van der Waals surface area contributed by atoms with Crippen molar-refractivity contribution in [2.45, 2.75) is 44.9 Å². The van der Waals surface area contributed by atoms with Crippen LogP contribution in [0.3, 0.4) is 0 Å². The van der Waals surface area contributed by atoms with E-state index in [0.717, 1.165) is 25.7 Å². The molecule has 0 unspecified atom stereocenters. The van der Waals surface area contributed by atoms with Crippen LogP contribution in [-0.4, -0.2) is 22.0 Å². The van der Waals surface area contributed by atoms with Crippen LogP contribution < -0.4 is 5.32 Å². The molecule has 0 atom stereocenters. The molecule has 0 aromatic carbocycles. The van der Waals surface area contributed by atoms with Crippen LogP contribution in [0.25, 0.3) is 0 Å². The maximum Gasteiger partial charge on any atom is 0.309 e. The number of thiazole rings is 1. The van der Waals surface area contributed by atoms with Gasteiger partial charge in [-0.05, 0) is 12.8 Å². The third kappa shape index (κ3) is 4.31. The van der Waals surface area contributed by atoms with Crippen LogP contribution >= 0.6 is 11.3 Å². The minimum Gasteiger partial charge on any atom is -0.481 e. The number of aromatic nitrogens is 1. The number of carboxylic acid groups (broad SMARTS) is 1. The van der Waals surface area contributed by atoms with Gasteiger partial charge in [0.2, 0.25) is 5.91 Å². The van der Waals surface area contributed by atoms with Crippen molar-refractivity contribution < 1.29 is 14.7 Å². The van der Waals surface area contributed by atoms with Crippen LogP contribution in [0.4, 0.5) is 5.13 Å². The Labute approximate surface area is 116 Å². The van der Waals surface area contributed by atoms with Gasteiger partial charge in [-0.15, -0.1) is 11.3 Å². The lowest BCUT2D eigenvalue weighted by atomic mass is 10.00. The van der Waals surface area contributed by atoms with Gasteiger partial charge in [0.25, 0.3) is 0 Å². The van der Waals surface area contributed by atoms with E-state index in [2.05, 4.69) is 10.3 Å². The molecule has 1 heterocycles. The Hall–Kier alpha value is -1.43. The molecule has 1 saturated carbocycles. The number of carboxylic acids is 1. The number of rotatable bonds is 4. The first-order valence-electron chi connectivity index (χ1n) is 6.62. The second kappa shape index (κ2) is 6.65. The van der Waals surface area contributed by atoms with Gasteiger partial charge in [0.05, 0.1) is 12.1 Å². The smallest absolute Gasteiger partial charge is 0.309 e. The van der Waals surface area contributed by atoms with Crippen molar-refractivity contribution in [1.82, 2.24) is 4.98 Å². The van der Waals surface area contributed by atoms with Crippen LogP contribution in [0.2, 0.25) is 0 Å². The molecule has 1 aliphatic rings. The van der Waals surface area contributed by atoms with E-state index < -0.39 is 5.97 Å². The molecule has 0 saturated heterocycles. The summed E-state index contributed by atoms with van der Waals surface area (Å²) >= 11 is 1.28. The van der Waals surface area contributed by atoms with Crippen LogP contribution in [-0.2, 0) is 16.0 Å². The zero-order valence-electron chi connectivity index (χ0n) is 10.7. The highest BCUT2D eigenvalue weighted by Crippen LogP contribution is 2.25. The summed E-state index contributed by atoms with van der Waals surface area (Å²) in [6, 6.07) is 0. The summed E-state index contributed by atoms with van der Waals surface area (Å²) in [5, 5.41) is 13.7. The van der Waals surface area contributed by atoms with Gasteiger partial charge in [0.15, 0.2) is 5.13 Å². The number of aliphatic carboxylic acids is 1. The Morgan fingerprint density at radius 3 is 2.63 bits per heavy atom. The SMILES string of the molecule is O=C(O)Cc1csc(NC(=O)C2CCCCCC2)n1. The van der Waals surface area contributed by atoms with Gasteiger partial charge in [-0.1, -0.05) is 25.7 Å². The van der Waals surface area contributed by atoms with Crippen LogP contribution in [0.15, 0.2) is 5.38 Å². The zero-order chi connectivity index (χ0) is 13.7. The fourth-order valence-electron chi connectivity index (χ4n) is 2.35. The standard InChI is InChI=1S/C13H18N2O3S/c16-11(17)7-10-8-19-13(14-10)15-12(18)9-5-3-1-2-4-6-9/h8-9H,1-7H2,(H,16,17)(H,14,15,18). The highest BCUT2D eigenvalue weighted by molar-refractivity contribution is 7.13. The summed E-state index contributed by atoms with van der Waals surface area (Å²) in [7, 11) is 0. The van der Waals surface area contributed by atoms with E-state index in [9.17, 15) is 9.59 Å². The van der Waals surface area contributed by atoms with Gasteiger partial charge in [-0.25, -0.2) is 4.98 Å². The normalized spacial score (nSPS) is 16.8. The molecular formula is C13H18N2O3S. The molecule has 0 bridgehead atoms. The van der Waals surface area contributed by atoms with E-state index in [4.69, 9.17) is 5.11 Å². The summed E-state index contributed by atoms with van der Waals surface area (Å²) in [6.45, 7) is 0. The molecule has 0 radical (unpaired) electrons. The number of carbonyl (C=O) groups is 2. The molecule has 0 aliphatic heterocycles. The molecule has 1 amide bonds. The largest absolute Gasteiger partial charge is 0.481 e. The molecule has 6 heteroatoms. The topological polar surface area (TPSA) is 79.3 Å². The summed E-state index contributed by atoms with van der Waals surface area (Å²) in [5.41, 5.74) is 0.494. The number of amides is 1. The number of anilines is 1. The predicted octanol–water partition coefficient (Wildman–Crippen LogP) is 2.68. The predicted molar refractivity (Wildman–Crippen MR) is 73.3 cm³/mol. The average Bonchev–Trinajstić information content (AvgIpc) is 2.64. The van der Waals surface area contributed by atoms with Gasteiger partial charge in [0, 0.05) is 11.3 Å². The highest BCUT2D eigenvalue weighted by atomic mass is 32.1. The number of nitrogens with zero attached hydrogens (tertiary/aromatic N) is 1. The van der Waals surface area contributed by atoms with Crippen molar-refractivity contribution in [3.05, 3.63) is 11.1 Å². The van der Waals surface area contributed by atoms with E-state index in [1.54, 1.807) is 5.38 Å². The zero-order valence-corrected chi connectivity index (χ0v) is 11.5. The monoisotopic (exact) mass is 282 g/mol. The second-order valence-electron chi connectivity index (χ2n) is 4.89. The van der Waals surface area contributed by atoms with E-state index in [-0.39, 0.29) is 18.2 Å². The Morgan fingerprint density at radius 1 is 1.32 bits per heavy atom. The van der Waals surface area contributed by atoms with Crippen LogP contribution in [0, 0.1) is 5.92 Å². The Bertz CT molecular complexity index is 450. The van der Waals surface area contributed by atoms with Crippen molar-refractivity contribution in [3.63, 3.8) is 0 Å². The fourth-order valence-corrected chi connectivity index (χ4v) is 3.06. The quantitative estimate of drug-likeness (QED) is 0.832. The minimum atomic E-state index is -0.910. The maximum atomic E-state index is 12.1. The van der Waals surface area contributed by atoms with E-state index >= 15 is 0 Å². The molecule has 104 valence electrons. The van der Waals surface area contributed by atoms with Crippen molar-refractivity contribution >= 4 is 28.3 Å². The van der Waals surface area contributed by atoms with Gasteiger partial charge in [-0.2, -0.15) is 0 Å². The highest BCUT2D eigenvalue weighted by Gasteiger charge is 2.21. The van der Waals surface area contributed by atoms with Crippen LogP contribution in [0.1, 0.15) is 44.2 Å². The van der Waals surface area contributed by atoms with Crippen molar-refractivity contribution in [3.8, 4) is 0 Å². The maximum absolute atomic E-state index is 12.1. The van der Waals surface area contributed by atoms with Gasteiger partial charge in [-0.3, -0.25) is 9.59 Å². The van der Waals surface area contributed by atoms with Gasteiger partial charge >= 0.3 is 5.97 Å². The fraction of sp³-hybridized carbons (Fsp3) is 0.615. The van der Waals surface area contributed by atoms with E-state index in [1.165, 1.54) is 24.2 Å². The van der Waals surface area contributed by atoms with Gasteiger partial charge < -0.3 is 10.4 Å². The molecule has 0 spiro atoms. The first-order valence-corrected chi connectivity index (χ1v) is 7.50. The lowest BCUT2D eigenvalue weighted by Crippen LogP contribution is -2.22. The minimum absolute atomic E-state index is 0.0260. The average molecular weight is 282 g/mol. The lowest BCUT2D eigenvalue weighted by Gasteiger charge is -2.12. The van der Waals surface area contributed by atoms with Gasteiger partial charge in [0.1, 0.15) is 0 Å². The number of hydrogen-bond acceptors (Lipinski definition) is 4. The first kappa shape index (κ1) is 14.0. The molecule has 1 aliphatic carbocycles. The second-order valence-corrected chi connectivity index (χ2v) is 5.75. The number of hydrogen-bond donors (Lipinski definition) is 2. The Kier molecular flexibility index (Phi) is 4.90. The Morgan fingerprint density at radius 2 is 2.00 bits per heavy atom. The summed E-state index contributed by atoms with van der Waals surface area (Å²) in [5.74, 6) is -0.806. The summed E-state index contributed by atoms with van der Waals surface area (Å²) < 4.78 is 0. The molecule has 2 rings (SSSR count). The van der Waals surface area contributed by atoms with Crippen molar-refractivity contribution in [1.29, 1.82) is 0 Å². The third-order valence-electron chi connectivity index (χ3n) is 3.34. The molecule has 19 heavy (non-hydrogen) atoms. The van der Waals surface area contributed by atoms with Crippen molar-refractivity contribution in [2.24, 2.45) is 5.92 Å². The Balaban J connectivity index is 1.90. The first-order chi connectivity index (χ1) is 9.15. The van der Waals surface area contributed by atoms with Crippen molar-refractivity contribution in [2.75, 3.05) is 5.32 Å². The summed E-state index contributed by atoms with van der Waals surface area (Å²) in [6.07, 6.45) is 6.43. The van der Waals surface area contributed by atoms with E-state index in [1.807, 2.05) is 0 Å². The molecule has 1 aromatic heterocycles. The molecule has 1 aromatic rings. The lowest BCUT2D eigenvalue weighted by molar-refractivity contribution is -0.136. The molecule has 5 nitrogen and oxygen atoms in total. The third-order valence-corrected chi connectivity index (χ3v) is 4.15. The van der Waals surface area contributed by atoms with E-state index in [0.29, 0.717) is 10.8 Å². The molecule has 2 N–H and O–H groups in total.